The van der Waals surface area contributed by atoms with E-state index in [1.54, 1.807) is 0 Å². The van der Waals surface area contributed by atoms with Gasteiger partial charge in [-0.05, 0) is 43.7 Å². The number of Topliss-reactive ketones (excluding diaryl/α,β-unsaturated/α-hetero) is 1. The van der Waals surface area contributed by atoms with Gasteiger partial charge in [-0.2, -0.15) is 0 Å². The normalized spacial score (nSPS) is 12.9. The van der Waals surface area contributed by atoms with Crippen LogP contribution in [0.25, 0.3) is 0 Å². The Labute approximate surface area is 129 Å². The molecule has 0 fully saturated rings. The summed E-state index contributed by atoms with van der Waals surface area (Å²) < 4.78 is 5.66. The molecule has 0 bridgehead atoms. The van der Waals surface area contributed by atoms with E-state index in [9.17, 15) is 4.79 Å². The van der Waals surface area contributed by atoms with Gasteiger partial charge in [-0.3, -0.25) is 4.79 Å². The number of ether oxygens (including phenoxy) is 1. The average Bonchev–Trinajstić information content (AvgIpc) is 2.85. The minimum Gasteiger partial charge on any atom is -0.493 e. The fourth-order valence-electron chi connectivity index (χ4n) is 2.89. The summed E-state index contributed by atoms with van der Waals surface area (Å²) in [6.07, 6.45) is 1.19. The quantitative estimate of drug-likeness (QED) is 0.789. The lowest BCUT2D eigenvalue weighted by atomic mass is 9.98. The average molecular weight is 301 g/mol. The molecule has 0 N–H and O–H groups in total. The molecule has 3 heteroatoms. The number of hydrogen-bond donors (Lipinski definition) is 0. The minimum atomic E-state index is 0.0989. The van der Waals surface area contributed by atoms with Crippen LogP contribution in [0.2, 0.25) is 5.02 Å². The maximum atomic E-state index is 12.5. The van der Waals surface area contributed by atoms with Crippen molar-refractivity contribution >= 4 is 17.4 Å². The van der Waals surface area contributed by atoms with Crippen molar-refractivity contribution < 1.29 is 9.53 Å². The van der Waals surface area contributed by atoms with Gasteiger partial charge in [0.2, 0.25) is 0 Å². The van der Waals surface area contributed by atoms with E-state index >= 15 is 0 Å². The van der Waals surface area contributed by atoms with Crippen LogP contribution in [0.3, 0.4) is 0 Å². The Morgan fingerprint density at radius 2 is 1.86 bits per heavy atom. The number of halogens is 1. The third kappa shape index (κ3) is 2.96. The Kier molecular flexibility index (Phi) is 3.73. The number of hydrogen-bond acceptors (Lipinski definition) is 2. The molecular formula is C18H17ClO2. The van der Waals surface area contributed by atoms with E-state index in [0.29, 0.717) is 18.1 Å². The van der Waals surface area contributed by atoms with Crippen LogP contribution >= 0.6 is 11.6 Å². The van der Waals surface area contributed by atoms with Crippen molar-refractivity contribution in [1.82, 2.24) is 0 Å². The highest BCUT2D eigenvalue weighted by Crippen LogP contribution is 2.33. The molecule has 0 aliphatic carbocycles. The van der Waals surface area contributed by atoms with E-state index in [4.69, 9.17) is 16.3 Å². The van der Waals surface area contributed by atoms with Crippen LogP contribution in [0.4, 0.5) is 0 Å². The van der Waals surface area contributed by atoms with Crippen LogP contribution in [0.5, 0.6) is 5.75 Å². The van der Waals surface area contributed by atoms with Gasteiger partial charge < -0.3 is 4.74 Å². The lowest BCUT2D eigenvalue weighted by Crippen LogP contribution is -2.06. The molecule has 108 valence electrons. The van der Waals surface area contributed by atoms with Crippen molar-refractivity contribution in [3.8, 4) is 5.75 Å². The Morgan fingerprint density at radius 1 is 1.14 bits per heavy atom. The van der Waals surface area contributed by atoms with E-state index in [-0.39, 0.29) is 5.78 Å². The summed E-state index contributed by atoms with van der Waals surface area (Å²) in [5.74, 6) is 0.943. The molecule has 0 unspecified atom stereocenters. The molecule has 0 saturated heterocycles. The summed E-state index contributed by atoms with van der Waals surface area (Å²) in [5.41, 5.74) is 4.95. The minimum absolute atomic E-state index is 0.0989. The van der Waals surface area contributed by atoms with Crippen molar-refractivity contribution in [1.29, 1.82) is 0 Å². The zero-order valence-corrected chi connectivity index (χ0v) is 13.0. The standard InChI is InChI=1S/C18H17ClO2/c1-11-5-12(2)7-14(6-11)17(20)10-15-9-16(19)8-13-3-4-21-18(13)15/h5-9H,3-4,10H2,1-2H3. The van der Waals surface area contributed by atoms with Crippen LogP contribution in [-0.2, 0) is 12.8 Å². The molecule has 21 heavy (non-hydrogen) atoms. The predicted molar refractivity (Wildman–Crippen MR) is 84.6 cm³/mol. The second kappa shape index (κ2) is 5.53. The number of rotatable bonds is 3. The van der Waals surface area contributed by atoms with Crippen LogP contribution in [0, 0.1) is 13.8 Å². The maximum absolute atomic E-state index is 12.5. The number of fused-ring (bicyclic) bond motifs is 1. The van der Waals surface area contributed by atoms with Gasteiger partial charge in [0.1, 0.15) is 5.75 Å². The summed E-state index contributed by atoms with van der Waals surface area (Å²) in [7, 11) is 0. The maximum Gasteiger partial charge on any atom is 0.167 e. The van der Waals surface area contributed by atoms with Crippen molar-refractivity contribution in [3.63, 3.8) is 0 Å². The monoisotopic (exact) mass is 300 g/mol. The molecule has 2 aromatic rings. The SMILES string of the molecule is Cc1cc(C)cc(C(=O)Cc2cc(Cl)cc3c2OCC3)c1. The number of carbonyl (C=O) groups is 1. The molecule has 1 aliphatic rings. The van der Waals surface area contributed by atoms with Crippen molar-refractivity contribution in [2.24, 2.45) is 0 Å². The molecule has 0 radical (unpaired) electrons. The van der Waals surface area contributed by atoms with Gasteiger partial charge in [0.15, 0.2) is 5.78 Å². The molecule has 3 rings (SSSR count). The van der Waals surface area contributed by atoms with Crippen molar-refractivity contribution in [3.05, 3.63) is 63.2 Å². The van der Waals surface area contributed by atoms with E-state index < -0.39 is 0 Å². The van der Waals surface area contributed by atoms with E-state index in [1.807, 2.05) is 38.1 Å². The zero-order valence-electron chi connectivity index (χ0n) is 12.2. The lowest BCUT2D eigenvalue weighted by molar-refractivity contribution is 0.0992. The summed E-state index contributed by atoms with van der Waals surface area (Å²) in [6.45, 7) is 4.67. The van der Waals surface area contributed by atoms with Gasteiger partial charge in [0, 0.05) is 29.0 Å². The fourth-order valence-corrected chi connectivity index (χ4v) is 3.15. The Morgan fingerprint density at radius 3 is 2.57 bits per heavy atom. The summed E-state index contributed by atoms with van der Waals surface area (Å²) in [5, 5.41) is 0.669. The summed E-state index contributed by atoms with van der Waals surface area (Å²) in [6, 6.07) is 9.69. The molecule has 1 heterocycles. The number of aryl methyl sites for hydroxylation is 2. The topological polar surface area (TPSA) is 26.3 Å². The summed E-state index contributed by atoms with van der Waals surface area (Å²) in [4.78, 5) is 12.5. The molecule has 0 aromatic heterocycles. The van der Waals surface area contributed by atoms with Crippen LogP contribution in [0.1, 0.15) is 32.6 Å². The largest absolute Gasteiger partial charge is 0.493 e. The highest BCUT2D eigenvalue weighted by molar-refractivity contribution is 6.30. The van der Waals surface area contributed by atoms with E-state index in [1.165, 1.54) is 0 Å². The molecule has 2 aromatic carbocycles. The second-order valence-corrected chi connectivity index (χ2v) is 6.06. The van der Waals surface area contributed by atoms with Crippen molar-refractivity contribution in [2.75, 3.05) is 6.61 Å². The van der Waals surface area contributed by atoms with Crippen molar-refractivity contribution in [2.45, 2.75) is 26.7 Å². The first-order valence-corrected chi connectivity index (χ1v) is 7.46. The molecule has 0 atom stereocenters. The Bertz CT molecular complexity index is 699. The van der Waals surface area contributed by atoms with Crippen LogP contribution in [-0.4, -0.2) is 12.4 Å². The van der Waals surface area contributed by atoms with Gasteiger partial charge in [-0.25, -0.2) is 0 Å². The van der Waals surface area contributed by atoms with Gasteiger partial charge in [-0.15, -0.1) is 0 Å². The summed E-state index contributed by atoms with van der Waals surface area (Å²) >= 11 is 6.14. The molecule has 2 nitrogen and oxygen atoms in total. The smallest absolute Gasteiger partial charge is 0.167 e. The highest BCUT2D eigenvalue weighted by Gasteiger charge is 2.20. The Hall–Kier alpha value is -1.80. The first kappa shape index (κ1) is 14.2. The molecule has 1 aliphatic heterocycles. The molecule has 0 spiro atoms. The van der Waals surface area contributed by atoms with E-state index in [2.05, 4.69) is 6.07 Å². The third-order valence-corrected chi connectivity index (χ3v) is 3.94. The second-order valence-electron chi connectivity index (χ2n) is 5.63. The zero-order chi connectivity index (χ0) is 15.0. The van der Waals surface area contributed by atoms with Gasteiger partial charge in [-0.1, -0.05) is 28.8 Å². The Balaban J connectivity index is 1.92. The predicted octanol–water partition coefficient (Wildman–Crippen LogP) is 4.32. The fraction of sp³-hybridized carbons (Fsp3) is 0.278. The first-order chi connectivity index (χ1) is 10.0. The molecule has 0 saturated carbocycles. The first-order valence-electron chi connectivity index (χ1n) is 7.08. The third-order valence-electron chi connectivity index (χ3n) is 3.72. The molecule has 0 amide bonds. The number of benzene rings is 2. The van der Waals surface area contributed by atoms with E-state index in [0.717, 1.165) is 40.0 Å². The van der Waals surface area contributed by atoms with Gasteiger partial charge >= 0.3 is 0 Å². The molecular weight excluding hydrogens is 284 g/mol. The van der Waals surface area contributed by atoms with Gasteiger partial charge in [0.25, 0.3) is 0 Å². The number of carbonyl (C=O) groups excluding carboxylic acids is 1. The van der Waals surface area contributed by atoms with Crippen LogP contribution < -0.4 is 4.74 Å². The van der Waals surface area contributed by atoms with Crippen LogP contribution in [0.15, 0.2) is 30.3 Å². The highest BCUT2D eigenvalue weighted by atomic mass is 35.5. The van der Waals surface area contributed by atoms with Gasteiger partial charge in [0.05, 0.1) is 6.61 Å². The number of ketones is 1. The lowest BCUT2D eigenvalue weighted by Gasteiger charge is -2.09.